The molecule has 20 heavy (non-hydrogen) atoms. The van der Waals surface area contributed by atoms with Crippen LogP contribution in [0, 0.1) is 12.3 Å². The molecule has 0 aliphatic carbocycles. The number of benzene rings is 1. The third kappa shape index (κ3) is 5.03. The topological polar surface area (TPSA) is 79.9 Å². The highest BCUT2D eigenvalue weighted by atomic mass is 32.2. The van der Waals surface area contributed by atoms with Crippen molar-refractivity contribution >= 4 is 17.6 Å². The maximum absolute atomic E-state index is 8.70. The fourth-order valence-electron chi connectivity index (χ4n) is 1.63. The van der Waals surface area contributed by atoms with Crippen LogP contribution in [0.4, 0.5) is 0 Å². The number of nitrogens with two attached hydrogens (primary N) is 1. The van der Waals surface area contributed by atoms with Crippen molar-refractivity contribution in [3.8, 4) is 18.1 Å². The zero-order chi connectivity index (χ0) is 14.8. The zero-order valence-electron chi connectivity index (χ0n) is 11.4. The van der Waals surface area contributed by atoms with Crippen LogP contribution in [0.3, 0.4) is 0 Å². The standard InChI is InChI=1S/C14H19N3O2S/c1-3-7-20-8-6-16-10-12-9-11(14(15)17-18)4-5-13(12)19-2/h1,4-5,9,16,18H,6-8,10H2,2H3,(H2,15,17). The van der Waals surface area contributed by atoms with E-state index in [1.807, 2.05) is 6.07 Å². The van der Waals surface area contributed by atoms with Gasteiger partial charge in [-0.3, -0.25) is 0 Å². The van der Waals surface area contributed by atoms with Crippen LogP contribution in [0.25, 0.3) is 0 Å². The maximum atomic E-state index is 8.70. The van der Waals surface area contributed by atoms with Gasteiger partial charge in [0.25, 0.3) is 0 Å². The van der Waals surface area contributed by atoms with E-state index >= 15 is 0 Å². The van der Waals surface area contributed by atoms with Crippen molar-refractivity contribution in [2.75, 3.05) is 25.2 Å². The highest BCUT2D eigenvalue weighted by molar-refractivity contribution is 7.99. The number of hydrogen-bond acceptors (Lipinski definition) is 5. The van der Waals surface area contributed by atoms with Gasteiger partial charge in [0.05, 0.1) is 12.9 Å². The van der Waals surface area contributed by atoms with E-state index in [1.54, 1.807) is 31.0 Å². The second kappa shape index (κ2) is 9.13. The molecule has 0 aliphatic rings. The van der Waals surface area contributed by atoms with Crippen LogP contribution in [0.2, 0.25) is 0 Å². The van der Waals surface area contributed by atoms with Crippen molar-refractivity contribution in [3.63, 3.8) is 0 Å². The molecule has 0 fully saturated rings. The minimum absolute atomic E-state index is 0.0819. The smallest absolute Gasteiger partial charge is 0.170 e. The first-order valence-electron chi connectivity index (χ1n) is 6.09. The fraction of sp³-hybridized carbons (Fsp3) is 0.357. The molecule has 4 N–H and O–H groups in total. The molecular weight excluding hydrogens is 274 g/mol. The van der Waals surface area contributed by atoms with Gasteiger partial charge in [-0.1, -0.05) is 11.1 Å². The molecule has 1 aromatic rings. The number of hydrogen-bond donors (Lipinski definition) is 3. The first-order chi connectivity index (χ1) is 9.72. The minimum atomic E-state index is 0.0819. The quantitative estimate of drug-likeness (QED) is 0.168. The Kier molecular flexibility index (Phi) is 7.40. The van der Waals surface area contributed by atoms with E-state index in [1.165, 1.54) is 0 Å². The molecule has 0 heterocycles. The highest BCUT2D eigenvalue weighted by Crippen LogP contribution is 2.19. The largest absolute Gasteiger partial charge is 0.496 e. The molecule has 0 unspecified atom stereocenters. The summed E-state index contributed by atoms with van der Waals surface area (Å²) in [4.78, 5) is 0. The number of rotatable bonds is 8. The third-order valence-corrected chi connectivity index (χ3v) is 3.47. The molecule has 5 nitrogen and oxygen atoms in total. The maximum Gasteiger partial charge on any atom is 0.170 e. The summed E-state index contributed by atoms with van der Waals surface area (Å²) in [6.07, 6.45) is 5.18. The molecule has 0 radical (unpaired) electrons. The number of methoxy groups -OCH3 is 1. The van der Waals surface area contributed by atoms with Crippen LogP contribution in [0.1, 0.15) is 11.1 Å². The molecule has 1 rings (SSSR count). The van der Waals surface area contributed by atoms with Gasteiger partial charge in [0.1, 0.15) is 5.75 Å². The highest BCUT2D eigenvalue weighted by Gasteiger charge is 2.06. The van der Waals surface area contributed by atoms with E-state index in [2.05, 4.69) is 16.4 Å². The number of terminal acetylenes is 1. The van der Waals surface area contributed by atoms with Crippen molar-refractivity contribution in [1.82, 2.24) is 5.32 Å². The summed E-state index contributed by atoms with van der Waals surface area (Å²) in [7, 11) is 1.62. The molecule has 1 aromatic carbocycles. The van der Waals surface area contributed by atoms with E-state index < -0.39 is 0 Å². The summed E-state index contributed by atoms with van der Waals surface area (Å²) in [5, 5.41) is 15.0. The Morgan fingerprint density at radius 1 is 1.60 bits per heavy atom. The molecule has 0 saturated carbocycles. The van der Waals surface area contributed by atoms with Gasteiger partial charge in [-0.05, 0) is 18.2 Å². The third-order valence-electron chi connectivity index (χ3n) is 2.61. The number of nitrogens with zero attached hydrogens (tertiary/aromatic N) is 1. The zero-order valence-corrected chi connectivity index (χ0v) is 12.2. The van der Waals surface area contributed by atoms with Gasteiger partial charge in [-0.15, -0.1) is 18.2 Å². The van der Waals surface area contributed by atoms with E-state index in [4.69, 9.17) is 22.1 Å². The monoisotopic (exact) mass is 293 g/mol. The molecule has 0 amide bonds. The first kappa shape index (κ1) is 16.2. The summed E-state index contributed by atoms with van der Waals surface area (Å²) >= 11 is 1.71. The van der Waals surface area contributed by atoms with Crippen LogP contribution in [-0.4, -0.2) is 36.2 Å². The predicted octanol–water partition coefficient (Wildman–Crippen LogP) is 1.25. The molecule has 0 aliphatic heterocycles. The molecule has 0 aromatic heterocycles. The molecule has 0 saturated heterocycles. The molecule has 0 atom stereocenters. The van der Waals surface area contributed by atoms with Crippen molar-refractivity contribution in [1.29, 1.82) is 0 Å². The van der Waals surface area contributed by atoms with Gasteiger partial charge in [0, 0.05) is 30.0 Å². The van der Waals surface area contributed by atoms with Crippen molar-refractivity contribution < 1.29 is 9.94 Å². The Bertz CT molecular complexity index is 498. The van der Waals surface area contributed by atoms with E-state index in [9.17, 15) is 0 Å². The Morgan fingerprint density at radius 3 is 3.05 bits per heavy atom. The van der Waals surface area contributed by atoms with Gasteiger partial charge in [0.15, 0.2) is 5.84 Å². The van der Waals surface area contributed by atoms with Crippen LogP contribution in [0.15, 0.2) is 23.4 Å². The Balaban J connectivity index is 2.60. The summed E-state index contributed by atoms with van der Waals surface area (Å²) in [6.45, 7) is 1.50. The van der Waals surface area contributed by atoms with Crippen LogP contribution in [-0.2, 0) is 6.54 Å². The Morgan fingerprint density at radius 2 is 2.40 bits per heavy atom. The molecule has 6 heteroatoms. The summed E-state index contributed by atoms with van der Waals surface area (Å²) in [5.74, 6) is 5.11. The van der Waals surface area contributed by atoms with E-state index in [-0.39, 0.29) is 5.84 Å². The summed E-state index contributed by atoms with van der Waals surface area (Å²) in [5.41, 5.74) is 7.20. The van der Waals surface area contributed by atoms with Crippen LogP contribution < -0.4 is 15.8 Å². The molecule has 0 bridgehead atoms. The fourth-order valence-corrected chi connectivity index (χ4v) is 2.18. The molecule has 0 spiro atoms. The van der Waals surface area contributed by atoms with Crippen molar-refractivity contribution in [3.05, 3.63) is 29.3 Å². The SMILES string of the molecule is C#CCSCCNCc1cc(/C(N)=N/O)ccc1OC. The summed E-state index contributed by atoms with van der Waals surface area (Å²) < 4.78 is 5.29. The lowest BCUT2D eigenvalue weighted by Crippen LogP contribution is -2.18. The number of ether oxygens (including phenoxy) is 1. The van der Waals surface area contributed by atoms with E-state index in [0.29, 0.717) is 12.1 Å². The molecule has 108 valence electrons. The lowest BCUT2D eigenvalue weighted by Gasteiger charge is -2.11. The number of thioether (sulfide) groups is 1. The van der Waals surface area contributed by atoms with Crippen molar-refractivity contribution in [2.24, 2.45) is 10.9 Å². The van der Waals surface area contributed by atoms with E-state index in [0.717, 1.165) is 29.4 Å². The Labute approximate surface area is 123 Å². The second-order valence-electron chi connectivity index (χ2n) is 3.95. The van der Waals surface area contributed by atoms with Crippen molar-refractivity contribution in [2.45, 2.75) is 6.54 Å². The minimum Gasteiger partial charge on any atom is -0.496 e. The first-order valence-corrected chi connectivity index (χ1v) is 7.25. The van der Waals surface area contributed by atoms with Crippen LogP contribution >= 0.6 is 11.8 Å². The van der Waals surface area contributed by atoms with Gasteiger partial charge in [-0.2, -0.15) is 0 Å². The lowest BCUT2D eigenvalue weighted by molar-refractivity contribution is 0.318. The Hall–Kier alpha value is -1.84. The van der Waals surface area contributed by atoms with Gasteiger partial charge in [-0.25, -0.2) is 0 Å². The number of nitrogens with one attached hydrogen (secondary N) is 1. The average Bonchev–Trinajstić information content (AvgIpc) is 2.49. The predicted molar refractivity (Wildman–Crippen MR) is 83.4 cm³/mol. The lowest BCUT2D eigenvalue weighted by atomic mass is 10.1. The summed E-state index contributed by atoms with van der Waals surface area (Å²) in [6, 6.07) is 5.40. The number of amidine groups is 1. The second-order valence-corrected chi connectivity index (χ2v) is 5.05. The van der Waals surface area contributed by atoms with Crippen LogP contribution in [0.5, 0.6) is 5.75 Å². The van der Waals surface area contributed by atoms with Gasteiger partial charge < -0.3 is 21.0 Å². The van der Waals surface area contributed by atoms with Gasteiger partial charge >= 0.3 is 0 Å². The van der Waals surface area contributed by atoms with Gasteiger partial charge in [0.2, 0.25) is 0 Å². The number of oxime groups is 1. The normalized spacial score (nSPS) is 11.1. The average molecular weight is 293 g/mol. The molecular formula is C14H19N3O2S.